The van der Waals surface area contributed by atoms with Gasteiger partial charge in [-0.1, -0.05) is 0 Å². The van der Waals surface area contributed by atoms with Gasteiger partial charge in [0.1, 0.15) is 5.54 Å². The lowest BCUT2D eigenvalue weighted by Crippen LogP contribution is -2.45. The first-order chi connectivity index (χ1) is 8.15. The smallest absolute Gasteiger partial charge is 0.254 e. The maximum Gasteiger partial charge on any atom is 0.254 e. The molecule has 4 nitrogen and oxygen atoms in total. The first-order valence-corrected chi connectivity index (χ1v) is 6.29. The molecule has 1 heterocycles. The van der Waals surface area contributed by atoms with Crippen molar-refractivity contribution in [3.8, 4) is 6.07 Å². The van der Waals surface area contributed by atoms with Crippen LogP contribution in [0.2, 0.25) is 0 Å². The highest BCUT2D eigenvalue weighted by Crippen LogP contribution is 2.29. The highest BCUT2D eigenvalue weighted by atomic mass is 79.9. The largest absolute Gasteiger partial charge is 0.334 e. The van der Waals surface area contributed by atoms with Gasteiger partial charge in [-0.15, -0.1) is 0 Å². The van der Waals surface area contributed by atoms with Crippen LogP contribution in [0.4, 0.5) is 0 Å². The summed E-state index contributed by atoms with van der Waals surface area (Å²) in [6.45, 7) is 0. The van der Waals surface area contributed by atoms with E-state index in [4.69, 9.17) is 0 Å². The van der Waals surface area contributed by atoms with E-state index in [-0.39, 0.29) is 5.91 Å². The van der Waals surface area contributed by atoms with Crippen LogP contribution in [0.15, 0.2) is 22.9 Å². The van der Waals surface area contributed by atoms with Gasteiger partial charge in [0.05, 0.1) is 11.6 Å². The fourth-order valence-corrected chi connectivity index (χ4v) is 2.43. The normalized spacial score (nSPS) is 17.4. The average Bonchev–Trinajstić information content (AvgIpc) is 2.78. The van der Waals surface area contributed by atoms with Crippen LogP contribution in [0.3, 0.4) is 0 Å². The minimum atomic E-state index is -0.681. The van der Waals surface area contributed by atoms with Crippen LogP contribution in [0.1, 0.15) is 36.0 Å². The second kappa shape index (κ2) is 4.84. The van der Waals surface area contributed by atoms with Gasteiger partial charge < -0.3 is 5.32 Å². The van der Waals surface area contributed by atoms with Crippen molar-refractivity contribution >= 4 is 21.8 Å². The molecule has 1 aromatic heterocycles. The SMILES string of the molecule is N#CC1(NC(=O)c2cncc(Br)c2)CCCC1. The van der Waals surface area contributed by atoms with Gasteiger partial charge in [0, 0.05) is 16.9 Å². The third-order valence-corrected chi connectivity index (χ3v) is 3.42. The summed E-state index contributed by atoms with van der Waals surface area (Å²) in [5.74, 6) is -0.234. The van der Waals surface area contributed by atoms with E-state index in [9.17, 15) is 10.1 Å². The highest BCUT2D eigenvalue weighted by molar-refractivity contribution is 9.10. The average molecular weight is 294 g/mol. The number of nitrogens with zero attached hydrogens (tertiary/aromatic N) is 2. The zero-order valence-electron chi connectivity index (χ0n) is 9.24. The second-order valence-electron chi connectivity index (χ2n) is 4.25. The molecule has 1 aliphatic rings. The lowest BCUT2D eigenvalue weighted by molar-refractivity contribution is 0.0920. The molecule has 0 radical (unpaired) electrons. The number of nitriles is 1. The van der Waals surface area contributed by atoms with E-state index in [1.165, 1.54) is 6.20 Å². The quantitative estimate of drug-likeness (QED) is 0.911. The van der Waals surface area contributed by atoms with Crippen molar-refractivity contribution in [2.45, 2.75) is 31.2 Å². The highest BCUT2D eigenvalue weighted by Gasteiger charge is 2.35. The molecule has 0 spiro atoms. The number of carbonyl (C=O) groups excluding carboxylic acids is 1. The van der Waals surface area contributed by atoms with Crippen LogP contribution in [-0.2, 0) is 0 Å². The summed E-state index contributed by atoms with van der Waals surface area (Å²) in [7, 11) is 0. The molecule has 0 atom stereocenters. The monoisotopic (exact) mass is 293 g/mol. The Morgan fingerprint density at radius 1 is 1.47 bits per heavy atom. The van der Waals surface area contributed by atoms with Gasteiger partial charge in [-0.2, -0.15) is 5.26 Å². The molecule has 1 amide bonds. The Morgan fingerprint density at radius 2 is 2.18 bits per heavy atom. The maximum atomic E-state index is 12.0. The summed E-state index contributed by atoms with van der Waals surface area (Å²) in [6.07, 6.45) is 6.56. The van der Waals surface area contributed by atoms with Gasteiger partial charge in [0.15, 0.2) is 0 Å². The number of rotatable bonds is 2. The number of hydrogen-bond acceptors (Lipinski definition) is 3. The van der Waals surface area contributed by atoms with E-state index in [1.54, 1.807) is 12.3 Å². The number of amides is 1. The fraction of sp³-hybridized carbons (Fsp3) is 0.417. The third kappa shape index (κ3) is 2.64. The summed E-state index contributed by atoms with van der Waals surface area (Å²) >= 11 is 3.27. The van der Waals surface area contributed by atoms with Gasteiger partial charge in [-0.05, 0) is 47.7 Å². The van der Waals surface area contributed by atoms with Crippen molar-refractivity contribution in [3.05, 3.63) is 28.5 Å². The van der Waals surface area contributed by atoms with Gasteiger partial charge in [-0.3, -0.25) is 9.78 Å². The molecule has 88 valence electrons. The van der Waals surface area contributed by atoms with Crippen LogP contribution in [0.5, 0.6) is 0 Å². The lowest BCUT2D eigenvalue weighted by Gasteiger charge is -2.21. The van der Waals surface area contributed by atoms with Crippen LogP contribution < -0.4 is 5.32 Å². The Labute approximate surface area is 108 Å². The molecule has 1 N–H and O–H groups in total. The van der Waals surface area contributed by atoms with E-state index in [2.05, 4.69) is 32.3 Å². The second-order valence-corrected chi connectivity index (χ2v) is 5.16. The summed E-state index contributed by atoms with van der Waals surface area (Å²) in [4.78, 5) is 15.9. The summed E-state index contributed by atoms with van der Waals surface area (Å²) in [5, 5.41) is 12.0. The number of aromatic nitrogens is 1. The molecule has 2 rings (SSSR count). The predicted molar refractivity (Wildman–Crippen MR) is 66.2 cm³/mol. The number of carbonyl (C=O) groups is 1. The molecule has 5 heteroatoms. The van der Waals surface area contributed by atoms with Crippen molar-refractivity contribution in [2.75, 3.05) is 0 Å². The van der Waals surface area contributed by atoms with Crippen LogP contribution >= 0.6 is 15.9 Å². The Hall–Kier alpha value is -1.41. The first kappa shape index (κ1) is 12.1. The van der Waals surface area contributed by atoms with Crippen molar-refractivity contribution < 1.29 is 4.79 Å². The topological polar surface area (TPSA) is 65.8 Å². The molecule has 0 unspecified atom stereocenters. The molecule has 17 heavy (non-hydrogen) atoms. The van der Waals surface area contributed by atoms with Crippen molar-refractivity contribution in [3.63, 3.8) is 0 Å². The fourth-order valence-electron chi connectivity index (χ4n) is 2.07. The molecule has 0 aliphatic heterocycles. The van der Waals surface area contributed by atoms with Gasteiger partial charge in [0.25, 0.3) is 5.91 Å². The molecule has 0 bridgehead atoms. The molecule has 0 saturated heterocycles. The van der Waals surface area contributed by atoms with Gasteiger partial charge in [-0.25, -0.2) is 0 Å². The van der Waals surface area contributed by atoms with Crippen LogP contribution in [0, 0.1) is 11.3 Å². The Balaban J connectivity index is 2.14. The maximum absolute atomic E-state index is 12.0. The predicted octanol–water partition coefficient (Wildman–Crippen LogP) is 2.41. The lowest BCUT2D eigenvalue weighted by atomic mass is 9.99. The van der Waals surface area contributed by atoms with Crippen LogP contribution in [-0.4, -0.2) is 16.4 Å². The molecular formula is C12H12BrN3O. The van der Waals surface area contributed by atoms with E-state index in [1.807, 2.05) is 0 Å². The van der Waals surface area contributed by atoms with Crippen molar-refractivity contribution in [2.24, 2.45) is 0 Å². The standard InChI is InChI=1S/C12H12BrN3O/c13-10-5-9(6-15-7-10)11(17)16-12(8-14)3-1-2-4-12/h5-7H,1-4H2,(H,16,17). The van der Waals surface area contributed by atoms with E-state index in [0.29, 0.717) is 5.56 Å². The number of pyridine rings is 1. The van der Waals surface area contributed by atoms with Gasteiger partial charge >= 0.3 is 0 Å². The Morgan fingerprint density at radius 3 is 2.76 bits per heavy atom. The van der Waals surface area contributed by atoms with Gasteiger partial charge in [0.2, 0.25) is 0 Å². The molecule has 1 aromatic rings. The third-order valence-electron chi connectivity index (χ3n) is 2.99. The van der Waals surface area contributed by atoms with Crippen molar-refractivity contribution in [1.29, 1.82) is 5.26 Å². The number of halogens is 1. The first-order valence-electron chi connectivity index (χ1n) is 5.49. The minimum Gasteiger partial charge on any atom is -0.334 e. The number of nitrogens with one attached hydrogen (secondary N) is 1. The van der Waals surface area contributed by atoms with E-state index < -0.39 is 5.54 Å². The molecule has 0 aromatic carbocycles. The number of hydrogen-bond donors (Lipinski definition) is 1. The molecular weight excluding hydrogens is 282 g/mol. The summed E-state index contributed by atoms with van der Waals surface area (Å²) < 4.78 is 0.752. The summed E-state index contributed by atoms with van der Waals surface area (Å²) in [5.41, 5.74) is -0.208. The Bertz CT molecular complexity index is 475. The van der Waals surface area contributed by atoms with E-state index in [0.717, 1.165) is 30.2 Å². The zero-order chi connectivity index (χ0) is 12.3. The van der Waals surface area contributed by atoms with Crippen molar-refractivity contribution in [1.82, 2.24) is 10.3 Å². The Kier molecular flexibility index (Phi) is 3.43. The van der Waals surface area contributed by atoms with Crippen LogP contribution in [0.25, 0.3) is 0 Å². The summed E-state index contributed by atoms with van der Waals surface area (Å²) in [6, 6.07) is 3.93. The minimum absolute atomic E-state index is 0.234. The molecule has 1 saturated carbocycles. The molecule has 1 aliphatic carbocycles. The molecule has 1 fully saturated rings. The van der Waals surface area contributed by atoms with E-state index >= 15 is 0 Å². The zero-order valence-corrected chi connectivity index (χ0v) is 10.8.